The second-order valence-electron chi connectivity index (χ2n) is 5.33. The van der Waals surface area contributed by atoms with E-state index in [9.17, 15) is 26.4 Å². The maximum absolute atomic E-state index is 12.5. The SMILES string of the molecule is O=C(O)C1Cc2cc(OC(F)(F)F)cc(NS(=O)(=O)c3cccs3)c2N1. The number of hydrogen-bond donors (Lipinski definition) is 3. The van der Waals surface area contributed by atoms with Crippen LogP contribution < -0.4 is 14.8 Å². The van der Waals surface area contributed by atoms with Gasteiger partial charge in [0.2, 0.25) is 0 Å². The average molecular weight is 408 g/mol. The van der Waals surface area contributed by atoms with Crippen LogP contribution in [-0.2, 0) is 21.2 Å². The fraction of sp³-hybridized carbons (Fsp3) is 0.214. The van der Waals surface area contributed by atoms with E-state index in [-0.39, 0.29) is 27.6 Å². The van der Waals surface area contributed by atoms with Gasteiger partial charge in [0.05, 0.1) is 11.4 Å². The predicted molar refractivity (Wildman–Crippen MR) is 87.0 cm³/mol. The number of carboxylic acids is 1. The number of thiophene rings is 1. The maximum Gasteiger partial charge on any atom is 0.573 e. The highest BCUT2D eigenvalue weighted by molar-refractivity contribution is 7.94. The Bertz CT molecular complexity index is 942. The number of carboxylic acid groups (broad SMARTS) is 1. The number of sulfonamides is 1. The van der Waals surface area contributed by atoms with Crippen molar-refractivity contribution in [2.75, 3.05) is 10.0 Å². The first-order valence-electron chi connectivity index (χ1n) is 7.03. The molecule has 140 valence electrons. The molecule has 1 aromatic heterocycles. The molecule has 1 aliphatic rings. The van der Waals surface area contributed by atoms with Crippen LogP contribution >= 0.6 is 11.3 Å². The molecular weight excluding hydrogens is 397 g/mol. The molecule has 3 N–H and O–H groups in total. The molecule has 1 aromatic carbocycles. The topological polar surface area (TPSA) is 105 Å². The van der Waals surface area contributed by atoms with Crippen molar-refractivity contribution in [2.24, 2.45) is 0 Å². The van der Waals surface area contributed by atoms with Crippen LogP contribution in [0.2, 0.25) is 0 Å². The second-order valence-corrected chi connectivity index (χ2v) is 8.19. The van der Waals surface area contributed by atoms with Gasteiger partial charge in [0.1, 0.15) is 16.0 Å². The highest BCUT2D eigenvalue weighted by Gasteiger charge is 2.34. The quantitative estimate of drug-likeness (QED) is 0.703. The van der Waals surface area contributed by atoms with Crippen LogP contribution in [0.5, 0.6) is 5.75 Å². The monoisotopic (exact) mass is 408 g/mol. The summed E-state index contributed by atoms with van der Waals surface area (Å²) in [4.78, 5) is 11.2. The second kappa shape index (κ2) is 6.36. The van der Waals surface area contributed by atoms with Gasteiger partial charge in [0, 0.05) is 12.5 Å². The van der Waals surface area contributed by atoms with Crippen LogP contribution in [0.15, 0.2) is 33.9 Å². The van der Waals surface area contributed by atoms with E-state index in [1.165, 1.54) is 17.5 Å². The summed E-state index contributed by atoms with van der Waals surface area (Å²) in [7, 11) is -4.05. The van der Waals surface area contributed by atoms with Crippen molar-refractivity contribution in [1.82, 2.24) is 0 Å². The summed E-state index contributed by atoms with van der Waals surface area (Å²) in [5.41, 5.74) is 0.0778. The van der Waals surface area contributed by atoms with Gasteiger partial charge in [-0.05, 0) is 23.1 Å². The summed E-state index contributed by atoms with van der Waals surface area (Å²) in [5.74, 6) is -1.86. The third kappa shape index (κ3) is 3.85. The summed E-state index contributed by atoms with van der Waals surface area (Å²) in [6.45, 7) is 0. The molecule has 12 heteroatoms. The predicted octanol–water partition coefficient (Wildman–Crippen LogP) is 2.87. The third-order valence-electron chi connectivity index (χ3n) is 3.47. The van der Waals surface area contributed by atoms with Gasteiger partial charge in [-0.2, -0.15) is 0 Å². The molecule has 0 saturated heterocycles. The molecule has 2 aromatic rings. The maximum atomic E-state index is 12.5. The van der Waals surface area contributed by atoms with Gasteiger partial charge < -0.3 is 15.2 Å². The number of carbonyl (C=O) groups is 1. The normalized spacial score (nSPS) is 16.7. The van der Waals surface area contributed by atoms with Crippen LogP contribution in [0.1, 0.15) is 5.56 Å². The molecule has 0 aliphatic carbocycles. The molecular formula is C14H11F3N2O5S2. The largest absolute Gasteiger partial charge is 0.573 e. The van der Waals surface area contributed by atoms with Crippen molar-refractivity contribution in [3.05, 3.63) is 35.2 Å². The van der Waals surface area contributed by atoms with Gasteiger partial charge in [0.25, 0.3) is 10.0 Å². The first-order valence-corrected chi connectivity index (χ1v) is 9.40. The minimum absolute atomic E-state index is 0.0406. The Morgan fingerprint density at radius 1 is 1.38 bits per heavy atom. The van der Waals surface area contributed by atoms with E-state index in [1.54, 1.807) is 0 Å². The first kappa shape index (κ1) is 18.3. The average Bonchev–Trinajstić information content (AvgIpc) is 3.14. The zero-order valence-electron chi connectivity index (χ0n) is 12.7. The smallest absolute Gasteiger partial charge is 0.480 e. The Morgan fingerprint density at radius 3 is 2.69 bits per heavy atom. The Labute approximate surface area is 149 Å². The van der Waals surface area contributed by atoms with Crippen molar-refractivity contribution in [1.29, 1.82) is 0 Å². The van der Waals surface area contributed by atoms with Gasteiger partial charge in [-0.15, -0.1) is 24.5 Å². The van der Waals surface area contributed by atoms with Gasteiger partial charge >= 0.3 is 12.3 Å². The fourth-order valence-corrected chi connectivity index (χ4v) is 4.54. The number of alkyl halides is 3. The molecule has 0 spiro atoms. The summed E-state index contributed by atoms with van der Waals surface area (Å²) < 4.78 is 68.3. The van der Waals surface area contributed by atoms with Crippen LogP contribution in [-0.4, -0.2) is 31.9 Å². The number of halogens is 3. The van der Waals surface area contributed by atoms with E-state index >= 15 is 0 Å². The molecule has 1 aliphatic heterocycles. The van der Waals surface area contributed by atoms with Crippen molar-refractivity contribution in [2.45, 2.75) is 23.0 Å². The number of rotatable bonds is 5. The van der Waals surface area contributed by atoms with Crippen LogP contribution in [0.25, 0.3) is 0 Å². The van der Waals surface area contributed by atoms with Gasteiger partial charge in [-0.3, -0.25) is 4.72 Å². The number of hydrogen-bond acceptors (Lipinski definition) is 6. The molecule has 3 rings (SSSR count). The Hall–Kier alpha value is -2.47. The van der Waals surface area contributed by atoms with E-state index < -0.39 is 34.1 Å². The zero-order valence-corrected chi connectivity index (χ0v) is 14.3. The summed E-state index contributed by atoms with van der Waals surface area (Å²) in [6, 6.07) is 3.63. The van der Waals surface area contributed by atoms with E-state index in [1.807, 2.05) is 0 Å². The minimum Gasteiger partial charge on any atom is -0.480 e. The van der Waals surface area contributed by atoms with Crippen molar-refractivity contribution in [3.8, 4) is 5.75 Å². The van der Waals surface area contributed by atoms with E-state index in [0.29, 0.717) is 0 Å². The Kier molecular flexibility index (Phi) is 4.48. The number of aliphatic carboxylic acids is 1. The van der Waals surface area contributed by atoms with Crippen molar-refractivity contribution in [3.63, 3.8) is 0 Å². The lowest BCUT2D eigenvalue weighted by Gasteiger charge is -2.15. The Balaban J connectivity index is 2.02. The Morgan fingerprint density at radius 2 is 2.12 bits per heavy atom. The molecule has 1 unspecified atom stereocenters. The lowest BCUT2D eigenvalue weighted by atomic mass is 10.1. The summed E-state index contributed by atoms with van der Waals surface area (Å²) in [6.07, 6.45) is -5.09. The number of benzene rings is 1. The summed E-state index contributed by atoms with van der Waals surface area (Å²) >= 11 is 0.926. The van der Waals surface area contributed by atoms with Gasteiger partial charge in [-0.1, -0.05) is 6.07 Å². The zero-order chi connectivity index (χ0) is 19.1. The molecule has 2 heterocycles. The molecule has 0 fully saturated rings. The molecule has 0 amide bonds. The number of anilines is 2. The van der Waals surface area contributed by atoms with Crippen LogP contribution in [0, 0.1) is 0 Å². The van der Waals surface area contributed by atoms with Crippen molar-refractivity contribution >= 4 is 38.7 Å². The highest BCUT2D eigenvalue weighted by Crippen LogP contribution is 2.40. The lowest BCUT2D eigenvalue weighted by Crippen LogP contribution is -2.26. The van der Waals surface area contributed by atoms with Gasteiger partial charge in [-0.25, -0.2) is 13.2 Å². The molecule has 7 nitrogen and oxygen atoms in total. The molecule has 0 bridgehead atoms. The number of fused-ring (bicyclic) bond motifs is 1. The van der Waals surface area contributed by atoms with Crippen LogP contribution in [0.4, 0.5) is 24.5 Å². The minimum atomic E-state index is -4.98. The number of ether oxygens (including phenoxy) is 1. The van der Waals surface area contributed by atoms with E-state index in [0.717, 1.165) is 23.5 Å². The molecule has 1 atom stereocenters. The van der Waals surface area contributed by atoms with Crippen molar-refractivity contribution < 1.29 is 36.2 Å². The molecule has 0 saturated carbocycles. The summed E-state index contributed by atoms with van der Waals surface area (Å²) in [5, 5.41) is 13.2. The van der Waals surface area contributed by atoms with E-state index in [2.05, 4.69) is 14.8 Å². The number of nitrogens with one attached hydrogen (secondary N) is 2. The molecule has 0 radical (unpaired) electrons. The van der Waals surface area contributed by atoms with Gasteiger partial charge in [0.15, 0.2) is 0 Å². The lowest BCUT2D eigenvalue weighted by molar-refractivity contribution is -0.274. The molecule has 26 heavy (non-hydrogen) atoms. The van der Waals surface area contributed by atoms with Crippen LogP contribution in [0.3, 0.4) is 0 Å². The highest BCUT2D eigenvalue weighted by atomic mass is 32.2. The van der Waals surface area contributed by atoms with E-state index in [4.69, 9.17) is 5.11 Å². The fourth-order valence-electron chi connectivity index (χ4n) is 2.48. The third-order valence-corrected chi connectivity index (χ3v) is 6.24. The standard InChI is InChI=1S/C14H11F3N2O5S2/c15-14(16,17)24-8-4-7-5-10(13(20)21)18-12(7)9(6-8)19-26(22,23)11-2-1-3-25-11/h1-4,6,10,18-19H,5H2,(H,20,21). The first-order chi connectivity index (χ1) is 12.0.